The molecule has 0 saturated carbocycles. The number of carbonyl (C=O) groups is 1. The summed E-state index contributed by atoms with van der Waals surface area (Å²) in [6, 6.07) is 0. The molecule has 0 radical (unpaired) electrons. The van der Waals surface area contributed by atoms with Gasteiger partial charge in [0.15, 0.2) is 0 Å². The number of rotatable bonds is 3. The fourth-order valence-corrected chi connectivity index (χ4v) is 2.46. The molecule has 1 aromatic rings. The summed E-state index contributed by atoms with van der Waals surface area (Å²) in [5.41, 5.74) is 6.07. The predicted molar refractivity (Wildman–Crippen MR) is 62.2 cm³/mol. The molecular formula is C10H14BrN3O2. The Morgan fingerprint density at radius 3 is 3.00 bits per heavy atom. The van der Waals surface area contributed by atoms with Gasteiger partial charge in [-0.1, -0.05) is 0 Å². The van der Waals surface area contributed by atoms with Crippen LogP contribution in [0.3, 0.4) is 0 Å². The molecule has 2 atom stereocenters. The van der Waals surface area contributed by atoms with Crippen molar-refractivity contribution in [2.45, 2.75) is 25.0 Å². The van der Waals surface area contributed by atoms with Crippen LogP contribution < -0.4 is 5.73 Å². The van der Waals surface area contributed by atoms with Gasteiger partial charge in [0.2, 0.25) is 5.78 Å². The first-order valence-corrected chi connectivity index (χ1v) is 6.00. The van der Waals surface area contributed by atoms with Gasteiger partial charge in [0, 0.05) is 13.6 Å². The van der Waals surface area contributed by atoms with Gasteiger partial charge in [-0.25, -0.2) is 0 Å². The maximum Gasteiger partial charge on any atom is 0.210 e. The number of Topliss-reactive ketones (excluding diaryl/α,β-unsaturated/α-hetero) is 1. The molecule has 0 bridgehead atoms. The van der Waals surface area contributed by atoms with Crippen LogP contribution in [-0.4, -0.2) is 34.3 Å². The van der Waals surface area contributed by atoms with Gasteiger partial charge in [0.05, 0.1) is 16.8 Å². The fourth-order valence-electron chi connectivity index (χ4n) is 1.91. The van der Waals surface area contributed by atoms with Gasteiger partial charge in [-0.05, 0) is 28.8 Å². The van der Waals surface area contributed by atoms with E-state index in [1.807, 2.05) is 0 Å². The molecule has 16 heavy (non-hydrogen) atoms. The summed E-state index contributed by atoms with van der Waals surface area (Å²) in [5.74, 6) is -0.0252. The van der Waals surface area contributed by atoms with Crippen molar-refractivity contribution in [2.75, 3.05) is 6.54 Å². The molecule has 0 spiro atoms. The van der Waals surface area contributed by atoms with Crippen molar-refractivity contribution in [1.29, 1.82) is 0 Å². The Morgan fingerprint density at radius 2 is 2.50 bits per heavy atom. The minimum absolute atomic E-state index is 0.0148. The Balaban J connectivity index is 2.15. The molecule has 0 amide bonds. The van der Waals surface area contributed by atoms with Crippen molar-refractivity contribution in [3.05, 3.63) is 16.4 Å². The summed E-state index contributed by atoms with van der Waals surface area (Å²) >= 11 is 3.31. The van der Waals surface area contributed by atoms with Crippen LogP contribution in [-0.2, 0) is 11.8 Å². The van der Waals surface area contributed by atoms with Crippen molar-refractivity contribution in [1.82, 2.24) is 9.78 Å². The summed E-state index contributed by atoms with van der Waals surface area (Å²) in [6.45, 7) is 0.469. The number of hydrogen-bond donors (Lipinski definition) is 1. The lowest BCUT2D eigenvalue weighted by Crippen LogP contribution is -2.26. The average Bonchev–Trinajstić information content (AvgIpc) is 2.85. The van der Waals surface area contributed by atoms with Gasteiger partial charge in [-0.2, -0.15) is 5.10 Å². The van der Waals surface area contributed by atoms with E-state index in [2.05, 4.69) is 21.0 Å². The van der Waals surface area contributed by atoms with Crippen LogP contribution in [0.25, 0.3) is 0 Å². The molecule has 5 nitrogen and oxygen atoms in total. The van der Waals surface area contributed by atoms with E-state index < -0.39 is 0 Å². The number of nitrogens with two attached hydrogens (primary N) is 1. The number of nitrogens with zero attached hydrogens (tertiary/aromatic N) is 2. The number of carbonyl (C=O) groups excluding carboxylic acids is 1. The molecule has 1 aliphatic heterocycles. The molecule has 2 heterocycles. The first-order valence-electron chi connectivity index (χ1n) is 5.20. The van der Waals surface area contributed by atoms with Crippen molar-refractivity contribution < 1.29 is 9.53 Å². The molecule has 2 N–H and O–H groups in total. The molecule has 0 aliphatic carbocycles. The van der Waals surface area contributed by atoms with Crippen molar-refractivity contribution >= 4 is 21.7 Å². The Labute approximate surface area is 102 Å². The van der Waals surface area contributed by atoms with Crippen LogP contribution in [0.1, 0.15) is 23.3 Å². The number of halogens is 1. The van der Waals surface area contributed by atoms with E-state index in [9.17, 15) is 4.79 Å². The highest BCUT2D eigenvalue weighted by Gasteiger charge is 2.32. The molecule has 1 aliphatic rings. The van der Waals surface area contributed by atoms with Gasteiger partial charge < -0.3 is 10.5 Å². The summed E-state index contributed by atoms with van der Waals surface area (Å²) < 4.78 is 7.84. The zero-order valence-electron chi connectivity index (χ0n) is 9.02. The van der Waals surface area contributed by atoms with Crippen molar-refractivity contribution in [3.63, 3.8) is 0 Å². The molecule has 2 unspecified atom stereocenters. The fraction of sp³-hybridized carbons (Fsp3) is 0.600. The van der Waals surface area contributed by atoms with Crippen molar-refractivity contribution in [3.8, 4) is 0 Å². The van der Waals surface area contributed by atoms with E-state index in [4.69, 9.17) is 10.5 Å². The van der Waals surface area contributed by atoms with Crippen LogP contribution in [0.4, 0.5) is 0 Å². The third kappa shape index (κ3) is 2.05. The zero-order chi connectivity index (χ0) is 11.7. The van der Waals surface area contributed by atoms with Crippen LogP contribution in [0, 0.1) is 0 Å². The Kier molecular flexibility index (Phi) is 3.41. The monoisotopic (exact) mass is 287 g/mol. The third-order valence-electron chi connectivity index (χ3n) is 2.79. The van der Waals surface area contributed by atoms with Gasteiger partial charge in [-0.15, -0.1) is 0 Å². The highest BCUT2D eigenvalue weighted by atomic mass is 79.9. The van der Waals surface area contributed by atoms with E-state index in [0.29, 0.717) is 16.7 Å². The molecule has 1 saturated heterocycles. The van der Waals surface area contributed by atoms with Gasteiger partial charge in [0.1, 0.15) is 11.8 Å². The molecular weight excluding hydrogens is 274 g/mol. The van der Waals surface area contributed by atoms with Gasteiger partial charge in [0.25, 0.3) is 0 Å². The van der Waals surface area contributed by atoms with E-state index in [-0.39, 0.29) is 18.0 Å². The second-order valence-corrected chi connectivity index (χ2v) is 4.74. The standard InChI is InChI=1S/C10H14BrN3O2/c1-14-9(7(11)5-13-14)10(15)8-3-2-6(4-12)16-8/h5-6,8H,2-4,12H2,1H3. The minimum atomic E-state index is -0.375. The van der Waals surface area contributed by atoms with Crippen molar-refractivity contribution in [2.24, 2.45) is 12.8 Å². The van der Waals surface area contributed by atoms with E-state index >= 15 is 0 Å². The lowest BCUT2D eigenvalue weighted by atomic mass is 10.1. The van der Waals surface area contributed by atoms with Crippen LogP contribution in [0.2, 0.25) is 0 Å². The lowest BCUT2D eigenvalue weighted by molar-refractivity contribution is 0.0396. The molecule has 88 valence electrons. The number of ether oxygens (including phenoxy) is 1. The normalized spacial score (nSPS) is 24.9. The summed E-state index contributed by atoms with van der Waals surface area (Å²) in [5, 5.41) is 4.02. The molecule has 1 fully saturated rings. The number of hydrogen-bond acceptors (Lipinski definition) is 4. The lowest BCUT2D eigenvalue weighted by Gasteiger charge is -2.11. The highest BCUT2D eigenvalue weighted by molar-refractivity contribution is 9.10. The third-order valence-corrected chi connectivity index (χ3v) is 3.37. The number of ketones is 1. The summed E-state index contributed by atoms with van der Waals surface area (Å²) in [4.78, 5) is 12.2. The Morgan fingerprint density at radius 1 is 1.75 bits per heavy atom. The predicted octanol–water partition coefficient (Wildman–Crippen LogP) is 0.872. The molecule has 6 heteroatoms. The second-order valence-electron chi connectivity index (χ2n) is 3.89. The quantitative estimate of drug-likeness (QED) is 0.838. The summed E-state index contributed by atoms with van der Waals surface area (Å²) in [6.07, 6.45) is 2.84. The van der Waals surface area contributed by atoms with Crippen LogP contribution in [0.15, 0.2) is 10.7 Å². The highest BCUT2D eigenvalue weighted by Crippen LogP contribution is 2.25. The van der Waals surface area contributed by atoms with Crippen LogP contribution >= 0.6 is 15.9 Å². The Hall–Kier alpha value is -0.720. The van der Waals surface area contributed by atoms with Gasteiger partial charge >= 0.3 is 0 Å². The molecule has 0 aromatic carbocycles. The maximum absolute atomic E-state index is 12.2. The average molecular weight is 288 g/mol. The Bertz CT molecular complexity index is 385. The first-order chi connectivity index (χ1) is 7.63. The first kappa shape index (κ1) is 11.8. The number of aromatic nitrogens is 2. The van der Waals surface area contributed by atoms with Crippen LogP contribution in [0.5, 0.6) is 0 Å². The smallest absolute Gasteiger partial charge is 0.210 e. The molecule has 1 aromatic heterocycles. The topological polar surface area (TPSA) is 70.1 Å². The van der Waals surface area contributed by atoms with E-state index in [1.54, 1.807) is 17.9 Å². The maximum atomic E-state index is 12.2. The SMILES string of the molecule is Cn1ncc(Br)c1C(=O)C1CCC(CN)O1. The second kappa shape index (κ2) is 4.65. The largest absolute Gasteiger partial charge is 0.365 e. The minimum Gasteiger partial charge on any atom is -0.365 e. The van der Waals surface area contributed by atoms with Gasteiger partial charge in [-0.3, -0.25) is 9.48 Å². The molecule has 2 rings (SSSR count). The van der Waals surface area contributed by atoms with E-state index in [1.165, 1.54) is 0 Å². The van der Waals surface area contributed by atoms with E-state index in [0.717, 1.165) is 12.8 Å². The summed E-state index contributed by atoms with van der Waals surface area (Å²) in [7, 11) is 1.74. The zero-order valence-corrected chi connectivity index (χ0v) is 10.6. The number of aryl methyl sites for hydroxylation is 1.